The van der Waals surface area contributed by atoms with Crippen LogP contribution in [0.3, 0.4) is 0 Å². The van der Waals surface area contributed by atoms with Gasteiger partial charge >= 0.3 is 12.1 Å². The summed E-state index contributed by atoms with van der Waals surface area (Å²) in [6, 6.07) is 16.4. The van der Waals surface area contributed by atoms with Gasteiger partial charge in [0, 0.05) is 24.4 Å². The number of hydrogen-bond donors (Lipinski definition) is 3. The summed E-state index contributed by atoms with van der Waals surface area (Å²) in [5, 5.41) is 14.5. The van der Waals surface area contributed by atoms with Crippen LogP contribution in [0.1, 0.15) is 63.5 Å². The number of ether oxygens (including phenoxy) is 1. The standard InChI is InChI=1S/C27H34N2O5/c1-18(12-13-24(30)29-27(2,3)16-25(31)32)14-15-28-26(33)34-17-23-21-10-6-4-8-19(21)20-9-5-7-11-22(20)23/h4-11,18,23H,12-17H2,1-3H3,(H,28,33)(H,29,30)(H,31,32). The number of fused-ring (bicyclic) bond motifs is 3. The zero-order chi connectivity index (χ0) is 24.7. The third-order valence-corrected chi connectivity index (χ3v) is 6.19. The fourth-order valence-corrected chi connectivity index (χ4v) is 4.45. The lowest BCUT2D eigenvalue weighted by atomic mass is 9.98. The minimum absolute atomic E-state index is 0.0287. The number of hydrogen-bond acceptors (Lipinski definition) is 4. The van der Waals surface area contributed by atoms with Crippen molar-refractivity contribution >= 4 is 18.0 Å². The summed E-state index contributed by atoms with van der Waals surface area (Å²) in [5.74, 6) is -0.858. The van der Waals surface area contributed by atoms with Crippen LogP contribution in [0.15, 0.2) is 48.5 Å². The van der Waals surface area contributed by atoms with Crippen LogP contribution in [0.25, 0.3) is 11.1 Å². The van der Waals surface area contributed by atoms with Crippen molar-refractivity contribution in [3.8, 4) is 11.1 Å². The summed E-state index contributed by atoms with van der Waals surface area (Å²) in [5.41, 5.74) is 3.95. The number of nitrogens with one attached hydrogen (secondary N) is 2. The fourth-order valence-electron chi connectivity index (χ4n) is 4.45. The number of amides is 2. The first-order chi connectivity index (χ1) is 16.2. The minimum atomic E-state index is -0.946. The van der Waals surface area contributed by atoms with E-state index in [0.29, 0.717) is 19.4 Å². The van der Waals surface area contributed by atoms with E-state index < -0.39 is 17.6 Å². The highest BCUT2D eigenvalue weighted by molar-refractivity contribution is 5.79. The molecule has 0 aromatic heterocycles. The Hall–Kier alpha value is -3.35. The van der Waals surface area contributed by atoms with Crippen molar-refractivity contribution in [1.82, 2.24) is 10.6 Å². The summed E-state index contributed by atoms with van der Waals surface area (Å²) in [6.07, 6.45) is 1.12. The zero-order valence-corrected chi connectivity index (χ0v) is 20.1. The molecular formula is C27H34N2O5. The Bertz CT molecular complexity index is 988. The molecule has 3 rings (SSSR count). The van der Waals surface area contributed by atoms with Gasteiger partial charge in [0.1, 0.15) is 6.61 Å². The van der Waals surface area contributed by atoms with Crippen molar-refractivity contribution in [2.24, 2.45) is 5.92 Å². The normalized spacial score (nSPS) is 13.5. The van der Waals surface area contributed by atoms with E-state index in [-0.39, 0.29) is 30.8 Å². The molecule has 0 saturated carbocycles. The molecule has 34 heavy (non-hydrogen) atoms. The van der Waals surface area contributed by atoms with Crippen molar-refractivity contribution < 1.29 is 24.2 Å². The van der Waals surface area contributed by atoms with Gasteiger partial charge < -0.3 is 20.5 Å². The number of carbonyl (C=O) groups excluding carboxylic acids is 2. The van der Waals surface area contributed by atoms with Crippen LogP contribution in [-0.2, 0) is 14.3 Å². The van der Waals surface area contributed by atoms with Gasteiger partial charge in [-0.05, 0) is 54.9 Å². The van der Waals surface area contributed by atoms with Gasteiger partial charge in [-0.2, -0.15) is 0 Å². The summed E-state index contributed by atoms with van der Waals surface area (Å²) in [6.45, 7) is 6.16. The molecule has 182 valence electrons. The topological polar surface area (TPSA) is 105 Å². The highest BCUT2D eigenvalue weighted by Crippen LogP contribution is 2.44. The van der Waals surface area contributed by atoms with Gasteiger partial charge in [-0.3, -0.25) is 9.59 Å². The average molecular weight is 467 g/mol. The van der Waals surface area contributed by atoms with Crippen LogP contribution in [0.5, 0.6) is 0 Å². The first-order valence-electron chi connectivity index (χ1n) is 11.8. The molecule has 0 radical (unpaired) electrons. The van der Waals surface area contributed by atoms with Crippen LogP contribution in [0.4, 0.5) is 4.79 Å². The van der Waals surface area contributed by atoms with E-state index >= 15 is 0 Å². The highest BCUT2D eigenvalue weighted by Gasteiger charge is 2.29. The molecule has 7 heteroatoms. The van der Waals surface area contributed by atoms with E-state index in [1.807, 2.05) is 31.2 Å². The molecule has 3 N–H and O–H groups in total. The number of carbonyl (C=O) groups is 3. The maximum atomic E-state index is 12.3. The Morgan fingerprint density at radius 3 is 2.18 bits per heavy atom. The zero-order valence-electron chi connectivity index (χ0n) is 20.1. The molecule has 1 aliphatic rings. The Morgan fingerprint density at radius 1 is 1.00 bits per heavy atom. The molecule has 0 saturated heterocycles. The Kier molecular flexibility index (Phi) is 8.31. The lowest BCUT2D eigenvalue weighted by molar-refractivity contribution is -0.138. The predicted octanol–water partition coefficient (Wildman–Crippen LogP) is 4.70. The molecular weight excluding hydrogens is 432 g/mol. The van der Waals surface area contributed by atoms with Gasteiger partial charge in [0.2, 0.25) is 5.91 Å². The summed E-state index contributed by atoms with van der Waals surface area (Å²) in [7, 11) is 0. The molecule has 1 aliphatic carbocycles. The minimum Gasteiger partial charge on any atom is -0.481 e. The molecule has 0 aliphatic heterocycles. The Morgan fingerprint density at radius 2 is 1.59 bits per heavy atom. The second kappa shape index (κ2) is 11.2. The lowest BCUT2D eigenvalue weighted by Gasteiger charge is -2.24. The number of alkyl carbamates (subject to hydrolysis) is 1. The second-order valence-corrected chi connectivity index (χ2v) is 9.69. The summed E-state index contributed by atoms with van der Waals surface area (Å²) in [4.78, 5) is 35.3. The van der Waals surface area contributed by atoms with E-state index in [9.17, 15) is 14.4 Å². The molecule has 2 aromatic rings. The van der Waals surface area contributed by atoms with E-state index in [1.54, 1.807) is 13.8 Å². The van der Waals surface area contributed by atoms with Gasteiger partial charge in [-0.25, -0.2) is 4.79 Å². The number of benzene rings is 2. The van der Waals surface area contributed by atoms with Crippen LogP contribution in [0.2, 0.25) is 0 Å². The average Bonchev–Trinajstić information content (AvgIpc) is 3.09. The fraction of sp³-hybridized carbons (Fsp3) is 0.444. The van der Waals surface area contributed by atoms with Crippen LogP contribution >= 0.6 is 0 Å². The first-order valence-corrected chi connectivity index (χ1v) is 11.8. The molecule has 7 nitrogen and oxygen atoms in total. The van der Waals surface area contributed by atoms with Crippen LogP contribution in [-0.4, -0.2) is 41.8 Å². The summed E-state index contributed by atoms with van der Waals surface area (Å²) >= 11 is 0. The summed E-state index contributed by atoms with van der Waals surface area (Å²) < 4.78 is 5.54. The predicted molar refractivity (Wildman–Crippen MR) is 131 cm³/mol. The third kappa shape index (κ3) is 6.83. The van der Waals surface area contributed by atoms with E-state index in [0.717, 1.165) is 6.42 Å². The maximum absolute atomic E-state index is 12.3. The molecule has 0 bridgehead atoms. The number of carboxylic acids is 1. The van der Waals surface area contributed by atoms with Gasteiger partial charge in [-0.15, -0.1) is 0 Å². The van der Waals surface area contributed by atoms with Gasteiger partial charge in [-0.1, -0.05) is 55.5 Å². The SMILES string of the molecule is CC(CCNC(=O)OCC1c2ccccc2-c2ccccc21)CCC(=O)NC(C)(C)CC(=O)O. The van der Waals surface area contributed by atoms with Crippen molar-refractivity contribution in [3.63, 3.8) is 0 Å². The molecule has 0 fully saturated rings. The molecule has 2 amide bonds. The van der Waals surface area contributed by atoms with Gasteiger partial charge in [0.15, 0.2) is 0 Å². The van der Waals surface area contributed by atoms with Crippen molar-refractivity contribution in [2.75, 3.05) is 13.2 Å². The van der Waals surface area contributed by atoms with Crippen molar-refractivity contribution in [3.05, 3.63) is 59.7 Å². The lowest BCUT2D eigenvalue weighted by Crippen LogP contribution is -2.44. The van der Waals surface area contributed by atoms with E-state index in [1.165, 1.54) is 22.3 Å². The smallest absolute Gasteiger partial charge is 0.407 e. The van der Waals surface area contributed by atoms with Crippen LogP contribution < -0.4 is 10.6 Å². The monoisotopic (exact) mass is 466 g/mol. The third-order valence-electron chi connectivity index (χ3n) is 6.19. The van der Waals surface area contributed by atoms with Crippen LogP contribution in [0, 0.1) is 5.92 Å². The van der Waals surface area contributed by atoms with Gasteiger partial charge in [0.25, 0.3) is 0 Å². The number of carboxylic acid groups (broad SMARTS) is 1. The molecule has 1 unspecified atom stereocenters. The highest BCUT2D eigenvalue weighted by atomic mass is 16.5. The Labute approximate surface area is 200 Å². The van der Waals surface area contributed by atoms with E-state index in [2.05, 4.69) is 34.9 Å². The number of aliphatic carboxylic acids is 1. The molecule has 0 heterocycles. The maximum Gasteiger partial charge on any atom is 0.407 e. The largest absolute Gasteiger partial charge is 0.481 e. The second-order valence-electron chi connectivity index (χ2n) is 9.69. The molecule has 0 spiro atoms. The quantitative estimate of drug-likeness (QED) is 0.445. The first kappa shape index (κ1) is 25.3. The molecule has 1 atom stereocenters. The van der Waals surface area contributed by atoms with Crippen molar-refractivity contribution in [1.29, 1.82) is 0 Å². The number of rotatable bonds is 11. The van der Waals surface area contributed by atoms with Gasteiger partial charge in [0.05, 0.1) is 6.42 Å². The Balaban J connectivity index is 1.37. The van der Waals surface area contributed by atoms with Crippen molar-refractivity contribution in [2.45, 2.75) is 57.9 Å². The molecule has 2 aromatic carbocycles. The van der Waals surface area contributed by atoms with E-state index in [4.69, 9.17) is 9.84 Å².